The molecule has 1 aromatic rings. The number of nitrogens with one attached hydrogen (secondary N) is 3. The second-order valence-corrected chi connectivity index (χ2v) is 8.49. The van der Waals surface area contributed by atoms with Gasteiger partial charge in [-0.2, -0.15) is 0 Å². The van der Waals surface area contributed by atoms with Gasteiger partial charge in [0.15, 0.2) is 12.6 Å². The highest BCUT2D eigenvalue weighted by atomic mass is 16.5. The molecule has 29 heavy (non-hydrogen) atoms. The molecule has 7 heteroatoms. The van der Waals surface area contributed by atoms with Crippen molar-refractivity contribution in [3.63, 3.8) is 0 Å². The Kier molecular flexibility index (Phi) is 8.76. The number of rotatable bonds is 10. The summed E-state index contributed by atoms with van der Waals surface area (Å²) in [6.07, 6.45) is 3.12. The van der Waals surface area contributed by atoms with Crippen molar-refractivity contribution in [1.82, 2.24) is 16.0 Å². The monoisotopic (exact) mass is 404 g/mol. The molecule has 1 saturated carbocycles. The first kappa shape index (κ1) is 23.0. The van der Waals surface area contributed by atoms with Crippen molar-refractivity contribution in [2.24, 2.45) is 10.4 Å². The molecule has 1 atom stereocenters. The van der Waals surface area contributed by atoms with E-state index >= 15 is 0 Å². The number of nitrogens with zero attached hydrogens (tertiary/aromatic N) is 1. The van der Waals surface area contributed by atoms with E-state index in [9.17, 15) is 4.79 Å². The first-order valence-corrected chi connectivity index (χ1v) is 10.3. The van der Waals surface area contributed by atoms with Crippen LogP contribution >= 0.6 is 0 Å². The Balaban J connectivity index is 1.68. The SMILES string of the molecule is CN=C(NCCc1ccc(OCC(=O)NC2CC2)cc1)NCC(OC)C(C)(C)C. The van der Waals surface area contributed by atoms with Crippen LogP contribution < -0.4 is 20.7 Å². The van der Waals surface area contributed by atoms with Crippen molar-refractivity contribution in [2.75, 3.05) is 33.9 Å². The third-order valence-corrected chi connectivity index (χ3v) is 4.87. The van der Waals surface area contributed by atoms with E-state index in [1.165, 1.54) is 5.56 Å². The van der Waals surface area contributed by atoms with Gasteiger partial charge in [0.25, 0.3) is 5.91 Å². The van der Waals surface area contributed by atoms with Gasteiger partial charge < -0.3 is 25.4 Å². The van der Waals surface area contributed by atoms with Gasteiger partial charge in [-0.25, -0.2) is 0 Å². The Morgan fingerprint density at radius 3 is 2.45 bits per heavy atom. The van der Waals surface area contributed by atoms with E-state index in [0.29, 0.717) is 18.3 Å². The van der Waals surface area contributed by atoms with Crippen molar-refractivity contribution >= 4 is 11.9 Å². The summed E-state index contributed by atoms with van der Waals surface area (Å²) in [6, 6.07) is 8.21. The largest absolute Gasteiger partial charge is 0.484 e. The number of guanidine groups is 1. The van der Waals surface area contributed by atoms with E-state index in [-0.39, 0.29) is 24.0 Å². The van der Waals surface area contributed by atoms with Crippen LogP contribution in [0.15, 0.2) is 29.3 Å². The van der Waals surface area contributed by atoms with Crippen molar-refractivity contribution in [1.29, 1.82) is 0 Å². The molecule has 3 N–H and O–H groups in total. The molecule has 2 rings (SSSR count). The Bertz CT molecular complexity index is 664. The van der Waals surface area contributed by atoms with Gasteiger partial charge in [-0.05, 0) is 42.4 Å². The topological polar surface area (TPSA) is 84.0 Å². The molecule has 1 aromatic carbocycles. The number of aliphatic imine (C=N–C) groups is 1. The molecule has 0 bridgehead atoms. The van der Waals surface area contributed by atoms with Crippen LogP contribution in [-0.4, -0.2) is 57.9 Å². The molecule has 1 aliphatic rings. The molecule has 0 spiro atoms. The number of carbonyl (C=O) groups is 1. The predicted molar refractivity (Wildman–Crippen MR) is 116 cm³/mol. The Morgan fingerprint density at radius 1 is 1.21 bits per heavy atom. The number of ether oxygens (including phenoxy) is 2. The fraction of sp³-hybridized carbons (Fsp3) is 0.636. The van der Waals surface area contributed by atoms with Gasteiger partial charge in [0.2, 0.25) is 0 Å². The molecule has 1 fully saturated rings. The van der Waals surface area contributed by atoms with Gasteiger partial charge in [0.05, 0.1) is 6.10 Å². The van der Waals surface area contributed by atoms with Crippen molar-refractivity contribution < 1.29 is 14.3 Å². The highest BCUT2D eigenvalue weighted by Gasteiger charge is 2.24. The molecule has 1 aliphatic carbocycles. The highest BCUT2D eigenvalue weighted by Crippen LogP contribution is 2.21. The number of hydrogen-bond acceptors (Lipinski definition) is 4. The zero-order chi connectivity index (χ0) is 21.3. The summed E-state index contributed by atoms with van der Waals surface area (Å²) >= 11 is 0. The van der Waals surface area contributed by atoms with Gasteiger partial charge >= 0.3 is 0 Å². The highest BCUT2D eigenvalue weighted by molar-refractivity contribution is 5.79. The summed E-state index contributed by atoms with van der Waals surface area (Å²) in [6.45, 7) is 8.00. The number of carbonyl (C=O) groups excluding carboxylic acids is 1. The smallest absolute Gasteiger partial charge is 0.258 e. The first-order valence-electron chi connectivity index (χ1n) is 10.3. The third-order valence-electron chi connectivity index (χ3n) is 4.87. The molecule has 0 aromatic heterocycles. The molecular formula is C22H36N4O3. The van der Waals surface area contributed by atoms with Gasteiger partial charge in [-0.3, -0.25) is 9.79 Å². The second kappa shape index (κ2) is 11.0. The number of methoxy groups -OCH3 is 1. The lowest BCUT2D eigenvalue weighted by molar-refractivity contribution is -0.123. The Morgan fingerprint density at radius 2 is 1.90 bits per heavy atom. The van der Waals surface area contributed by atoms with Crippen molar-refractivity contribution in [3.05, 3.63) is 29.8 Å². The lowest BCUT2D eigenvalue weighted by atomic mass is 9.89. The Hall–Kier alpha value is -2.28. The van der Waals surface area contributed by atoms with E-state index in [1.54, 1.807) is 14.2 Å². The number of amides is 1. The Labute approximate surface area is 174 Å². The zero-order valence-corrected chi connectivity index (χ0v) is 18.4. The van der Waals surface area contributed by atoms with E-state index in [2.05, 4.69) is 41.7 Å². The molecule has 7 nitrogen and oxygen atoms in total. The molecule has 0 aliphatic heterocycles. The van der Waals surface area contributed by atoms with Gasteiger partial charge in [-0.1, -0.05) is 32.9 Å². The first-order chi connectivity index (χ1) is 13.8. The van der Waals surface area contributed by atoms with Crippen LogP contribution in [0.4, 0.5) is 0 Å². The second-order valence-electron chi connectivity index (χ2n) is 8.49. The third kappa shape index (κ3) is 8.73. The maximum atomic E-state index is 11.7. The molecule has 0 saturated heterocycles. The molecule has 162 valence electrons. The maximum absolute atomic E-state index is 11.7. The molecule has 1 amide bonds. The normalized spacial score (nSPS) is 15.6. The van der Waals surface area contributed by atoms with Gasteiger partial charge in [0, 0.05) is 33.3 Å². The lowest BCUT2D eigenvalue weighted by Crippen LogP contribution is -2.45. The molecule has 1 unspecified atom stereocenters. The number of benzene rings is 1. The summed E-state index contributed by atoms with van der Waals surface area (Å²) in [7, 11) is 3.50. The van der Waals surface area contributed by atoms with Crippen LogP contribution in [0.3, 0.4) is 0 Å². The average molecular weight is 405 g/mol. The van der Waals surface area contributed by atoms with Crippen LogP contribution in [0.25, 0.3) is 0 Å². The summed E-state index contributed by atoms with van der Waals surface area (Å²) in [5, 5.41) is 9.56. The quantitative estimate of drug-likeness (QED) is 0.411. The predicted octanol–water partition coefficient (Wildman–Crippen LogP) is 2.11. The van der Waals surface area contributed by atoms with Gasteiger partial charge in [-0.15, -0.1) is 0 Å². The fourth-order valence-electron chi connectivity index (χ4n) is 2.88. The lowest BCUT2D eigenvalue weighted by Gasteiger charge is -2.30. The van der Waals surface area contributed by atoms with E-state index < -0.39 is 0 Å². The van der Waals surface area contributed by atoms with Crippen LogP contribution in [-0.2, 0) is 16.0 Å². The molecular weight excluding hydrogens is 368 g/mol. The molecule has 0 heterocycles. The van der Waals surface area contributed by atoms with Crippen LogP contribution in [0.2, 0.25) is 0 Å². The minimum absolute atomic E-state index is 0.0539. The number of hydrogen-bond donors (Lipinski definition) is 3. The summed E-state index contributed by atoms with van der Waals surface area (Å²) < 4.78 is 11.1. The maximum Gasteiger partial charge on any atom is 0.258 e. The van der Waals surface area contributed by atoms with Crippen LogP contribution in [0.5, 0.6) is 5.75 Å². The standard InChI is InChI=1S/C22H36N4O3/c1-22(2,3)19(28-5)14-25-21(23-4)24-13-12-16-6-10-18(11-7-16)29-15-20(27)26-17-8-9-17/h6-7,10-11,17,19H,8-9,12-15H2,1-5H3,(H,26,27)(H2,23,24,25). The molecule has 0 radical (unpaired) electrons. The van der Waals surface area contributed by atoms with Gasteiger partial charge in [0.1, 0.15) is 5.75 Å². The van der Waals surface area contributed by atoms with E-state index in [1.807, 2.05) is 24.3 Å². The van der Waals surface area contributed by atoms with Crippen molar-refractivity contribution in [3.8, 4) is 5.75 Å². The summed E-state index contributed by atoms with van der Waals surface area (Å²) in [4.78, 5) is 15.9. The van der Waals surface area contributed by atoms with Crippen LogP contribution in [0, 0.1) is 5.41 Å². The minimum atomic E-state index is -0.0539. The van der Waals surface area contributed by atoms with Crippen molar-refractivity contribution in [2.45, 2.75) is 52.2 Å². The van der Waals surface area contributed by atoms with E-state index in [4.69, 9.17) is 9.47 Å². The average Bonchev–Trinajstić information content (AvgIpc) is 3.49. The fourth-order valence-corrected chi connectivity index (χ4v) is 2.88. The van der Waals surface area contributed by atoms with E-state index in [0.717, 1.165) is 31.8 Å². The summed E-state index contributed by atoms with van der Waals surface area (Å²) in [5.41, 5.74) is 1.25. The van der Waals surface area contributed by atoms with Crippen LogP contribution in [0.1, 0.15) is 39.2 Å². The minimum Gasteiger partial charge on any atom is -0.484 e. The summed E-state index contributed by atoms with van der Waals surface area (Å²) in [5.74, 6) is 1.41. The zero-order valence-electron chi connectivity index (χ0n) is 18.4.